The summed E-state index contributed by atoms with van der Waals surface area (Å²) in [6.45, 7) is 5.04. The van der Waals surface area contributed by atoms with Crippen molar-refractivity contribution in [1.29, 1.82) is 0 Å². The number of rotatable bonds is 3. The van der Waals surface area contributed by atoms with Crippen molar-refractivity contribution in [2.45, 2.75) is 32.3 Å². The first kappa shape index (κ1) is 10.8. The lowest BCUT2D eigenvalue weighted by Crippen LogP contribution is -2.17. The van der Waals surface area contributed by atoms with Crippen molar-refractivity contribution in [2.75, 3.05) is 0 Å². The van der Waals surface area contributed by atoms with Crippen LogP contribution in [-0.2, 0) is 14.3 Å². The molecule has 2 unspecified atom stereocenters. The molecule has 0 saturated heterocycles. The van der Waals surface area contributed by atoms with Gasteiger partial charge >= 0.3 is 11.9 Å². The van der Waals surface area contributed by atoms with Crippen molar-refractivity contribution in [1.82, 2.24) is 0 Å². The fourth-order valence-corrected chi connectivity index (χ4v) is 1.52. The molecule has 78 valence electrons. The van der Waals surface area contributed by atoms with E-state index in [1.165, 1.54) is 0 Å². The number of carbonyl (C=O) groups excluding carboxylic acids is 1. The third-order valence-electron chi connectivity index (χ3n) is 2.36. The van der Waals surface area contributed by atoms with E-state index >= 15 is 0 Å². The quantitative estimate of drug-likeness (QED) is 0.549. The largest absolute Gasteiger partial charge is 0.481 e. The number of aliphatic carboxylic acids is 1. The molecule has 0 aliphatic heterocycles. The molecular weight excluding hydrogens is 184 g/mol. The standard InChI is InChI=1S/C10H14O4/c1-6(2)10(13)14-8-4-3-7(5-8)9(11)12/h7-8H,1,3-5H2,2H3,(H,11,12). The SMILES string of the molecule is C=C(C)C(=O)OC1CCC(C(=O)O)C1. The van der Waals surface area contributed by atoms with E-state index in [1.54, 1.807) is 6.92 Å². The molecule has 0 aromatic carbocycles. The lowest BCUT2D eigenvalue weighted by Gasteiger charge is -2.11. The molecule has 1 aliphatic carbocycles. The summed E-state index contributed by atoms with van der Waals surface area (Å²) in [6, 6.07) is 0. The second kappa shape index (κ2) is 4.26. The lowest BCUT2D eigenvalue weighted by molar-refractivity contribution is -0.146. The maximum absolute atomic E-state index is 11.1. The van der Waals surface area contributed by atoms with Crippen LogP contribution in [0.2, 0.25) is 0 Å². The summed E-state index contributed by atoms with van der Waals surface area (Å²) in [6.07, 6.45) is 1.40. The predicted molar refractivity (Wildman–Crippen MR) is 49.7 cm³/mol. The van der Waals surface area contributed by atoms with Gasteiger partial charge in [0.1, 0.15) is 6.10 Å². The molecule has 1 rings (SSSR count). The minimum atomic E-state index is -0.807. The Bertz CT molecular complexity index is 269. The van der Waals surface area contributed by atoms with Gasteiger partial charge in [-0.05, 0) is 26.2 Å². The Labute approximate surface area is 82.6 Å². The Kier molecular flexibility index (Phi) is 3.28. The first-order valence-electron chi connectivity index (χ1n) is 4.60. The molecule has 0 radical (unpaired) electrons. The van der Waals surface area contributed by atoms with E-state index in [4.69, 9.17) is 9.84 Å². The average molecular weight is 198 g/mol. The highest BCUT2D eigenvalue weighted by atomic mass is 16.5. The first-order chi connectivity index (χ1) is 6.50. The number of hydrogen-bond acceptors (Lipinski definition) is 3. The lowest BCUT2D eigenvalue weighted by atomic mass is 10.1. The molecule has 2 atom stereocenters. The van der Waals surface area contributed by atoms with Gasteiger partial charge in [0.2, 0.25) is 0 Å². The van der Waals surface area contributed by atoms with E-state index in [1.807, 2.05) is 0 Å². The van der Waals surface area contributed by atoms with E-state index < -0.39 is 11.9 Å². The number of hydrogen-bond donors (Lipinski definition) is 1. The van der Waals surface area contributed by atoms with Crippen LogP contribution in [0, 0.1) is 5.92 Å². The molecule has 1 fully saturated rings. The maximum atomic E-state index is 11.1. The Morgan fingerprint density at radius 2 is 2.07 bits per heavy atom. The zero-order valence-corrected chi connectivity index (χ0v) is 8.16. The van der Waals surface area contributed by atoms with Gasteiger partial charge in [-0.25, -0.2) is 4.79 Å². The first-order valence-corrected chi connectivity index (χ1v) is 4.60. The molecule has 0 aromatic heterocycles. The number of carboxylic acid groups (broad SMARTS) is 1. The molecule has 0 spiro atoms. The van der Waals surface area contributed by atoms with Crippen molar-refractivity contribution < 1.29 is 19.4 Å². The summed E-state index contributed by atoms with van der Waals surface area (Å²) in [4.78, 5) is 21.7. The fourth-order valence-electron chi connectivity index (χ4n) is 1.52. The summed E-state index contributed by atoms with van der Waals surface area (Å²) >= 11 is 0. The van der Waals surface area contributed by atoms with Crippen LogP contribution in [0.15, 0.2) is 12.2 Å². The number of carbonyl (C=O) groups is 2. The predicted octanol–water partition coefficient (Wildman–Crippen LogP) is 1.36. The molecule has 1 N–H and O–H groups in total. The monoisotopic (exact) mass is 198 g/mol. The molecule has 0 heterocycles. The van der Waals surface area contributed by atoms with Crippen LogP contribution in [0.3, 0.4) is 0 Å². The summed E-state index contributed by atoms with van der Waals surface area (Å²) in [5.41, 5.74) is 0.351. The van der Waals surface area contributed by atoms with Crippen molar-refractivity contribution in [3.63, 3.8) is 0 Å². The zero-order chi connectivity index (χ0) is 10.7. The van der Waals surface area contributed by atoms with E-state index in [9.17, 15) is 9.59 Å². The molecule has 0 bridgehead atoms. The third kappa shape index (κ3) is 2.58. The Morgan fingerprint density at radius 3 is 2.50 bits per heavy atom. The van der Waals surface area contributed by atoms with E-state index in [0.29, 0.717) is 24.8 Å². The van der Waals surface area contributed by atoms with Crippen LogP contribution in [0.1, 0.15) is 26.2 Å². The van der Waals surface area contributed by atoms with Crippen LogP contribution in [-0.4, -0.2) is 23.1 Å². The Hall–Kier alpha value is -1.32. The van der Waals surface area contributed by atoms with Crippen LogP contribution in [0.25, 0.3) is 0 Å². The number of ether oxygens (including phenoxy) is 1. The summed E-state index contributed by atoms with van der Waals surface area (Å²) in [5.74, 6) is -1.60. The minimum absolute atomic E-state index is 0.250. The van der Waals surface area contributed by atoms with Gasteiger partial charge in [-0.1, -0.05) is 6.58 Å². The number of carboxylic acids is 1. The molecule has 4 nitrogen and oxygen atoms in total. The van der Waals surface area contributed by atoms with Gasteiger partial charge in [-0.15, -0.1) is 0 Å². The van der Waals surface area contributed by atoms with Gasteiger partial charge < -0.3 is 9.84 Å². The van der Waals surface area contributed by atoms with Crippen molar-refractivity contribution >= 4 is 11.9 Å². The van der Waals surface area contributed by atoms with Crippen molar-refractivity contribution in [2.24, 2.45) is 5.92 Å². The third-order valence-corrected chi connectivity index (χ3v) is 2.36. The van der Waals surface area contributed by atoms with Gasteiger partial charge in [-0.2, -0.15) is 0 Å². The molecule has 0 amide bonds. The summed E-state index contributed by atoms with van der Waals surface area (Å²) in [7, 11) is 0. The van der Waals surface area contributed by atoms with E-state index in [-0.39, 0.29) is 12.0 Å². The zero-order valence-electron chi connectivity index (χ0n) is 8.16. The van der Waals surface area contributed by atoms with Crippen LogP contribution < -0.4 is 0 Å². The van der Waals surface area contributed by atoms with Crippen LogP contribution >= 0.6 is 0 Å². The van der Waals surface area contributed by atoms with E-state index in [2.05, 4.69) is 6.58 Å². The highest BCUT2D eigenvalue weighted by molar-refractivity contribution is 5.87. The molecule has 14 heavy (non-hydrogen) atoms. The second-order valence-corrected chi connectivity index (χ2v) is 3.66. The Morgan fingerprint density at radius 1 is 1.43 bits per heavy atom. The van der Waals surface area contributed by atoms with Crippen LogP contribution in [0.5, 0.6) is 0 Å². The van der Waals surface area contributed by atoms with Gasteiger partial charge in [-0.3, -0.25) is 4.79 Å². The second-order valence-electron chi connectivity index (χ2n) is 3.66. The molecule has 4 heteroatoms. The van der Waals surface area contributed by atoms with Crippen LogP contribution in [0.4, 0.5) is 0 Å². The van der Waals surface area contributed by atoms with Gasteiger partial charge in [0.15, 0.2) is 0 Å². The maximum Gasteiger partial charge on any atom is 0.333 e. The highest BCUT2D eigenvalue weighted by Crippen LogP contribution is 2.28. The normalized spacial score (nSPS) is 25.8. The summed E-state index contributed by atoms with van der Waals surface area (Å²) in [5, 5.41) is 8.72. The van der Waals surface area contributed by atoms with E-state index in [0.717, 1.165) is 0 Å². The number of esters is 1. The molecule has 0 aromatic rings. The topological polar surface area (TPSA) is 63.6 Å². The van der Waals surface area contributed by atoms with Gasteiger partial charge in [0, 0.05) is 5.57 Å². The van der Waals surface area contributed by atoms with Crippen molar-refractivity contribution in [3.05, 3.63) is 12.2 Å². The average Bonchev–Trinajstić information content (AvgIpc) is 2.52. The molecule has 1 saturated carbocycles. The minimum Gasteiger partial charge on any atom is -0.481 e. The van der Waals surface area contributed by atoms with Gasteiger partial charge in [0.05, 0.1) is 5.92 Å². The molecule has 1 aliphatic rings. The highest BCUT2D eigenvalue weighted by Gasteiger charge is 2.31. The van der Waals surface area contributed by atoms with Gasteiger partial charge in [0.25, 0.3) is 0 Å². The van der Waals surface area contributed by atoms with Crippen molar-refractivity contribution in [3.8, 4) is 0 Å². The summed E-state index contributed by atoms with van der Waals surface area (Å²) < 4.78 is 5.05. The smallest absolute Gasteiger partial charge is 0.333 e. The Balaban J connectivity index is 2.40. The fraction of sp³-hybridized carbons (Fsp3) is 0.600. The molecular formula is C10H14O4.